The summed E-state index contributed by atoms with van der Waals surface area (Å²) in [5.41, 5.74) is 1.80. The molecular weight excluding hydrogens is 395 g/mol. The Balaban J connectivity index is 1.43. The van der Waals surface area contributed by atoms with Crippen LogP contribution >= 0.6 is 35.0 Å². The maximum absolute atomic E-state index is 11.8. The lowest BCUT2D eigenvalue weighted by Crippen LogP contribution is -2.07. The summed E-state index contributed by atoms with van der Waals surface area (Å²) in [5.74, 6) is 1.14. The van der Waals surface area contributed by atoms with Crippen LogP contribution in [0.5, 0.6) is 0 Å². The molecule has 3 aromatic rings. The number of nitrogens with zero attached hydrogens (tertiary/aromatic N) is 2. The molecule has 8 heteroatoms. The summed E-state index contributed by atoms with van der Waals surface area (Å²) < 4.78 is 10.6. The Labute approximate surface area is 164 Å². The lowest BCUT2D eigenvalue weighted by atomic mass is 10.2. The third-order valence-corrected chi connectivity index (χ3v) is 5.03. The lowest BCUT2D eigenvalue weighted by molar-refractivity contribution is -0.142. The second kappa shape index (κ2) is 9.07. The van der Waals surface area contributed by atoms with E-state index in [9.17, 15) is 4.79 Å². The van der Waals surface area contributed by atoms with E-state index >= 15 is 0 Å². The summed E-state index contributed by atoms with van der Waals surface area (Å²) in [7, 11) is 0. The molecule has 26 heavy (non-hydrogen) atoms. The fraction of sp³-hybridized carbons (Fsp3) is 0.167. The maximum atomic E-state index is 11.8. The molecule has 0 fully saturated rings. The molecule has 3 rings (SSSR count). The van der Waals surface area contributed by atoms with E-state index in [1.807, 2.05) is 36.4 Å². The smallest absolute Gasteiger partial charge is 0.316 e. The highest BCUT2D eigenvalue weighted by atomic mass is 35.5. The van der Waals surface area contributed by atoms with Crippen LogP contribution in [0.1, 0.15) is 11.5 Å². The lowest BCUT2D eigenvalue weighted by Gasteiger charge is -2.04. The molecule has 0 aliphatic rings. The summed E-state index contributed by atoms with van der Waals surface area (Å²) in [6.45, 7) is -0.0496. The Morgan fingerprint density at radius 1 is 1.08 bits per heavy atom. The molecule has 0 spiro atoms. The second-order valence-corrected chi connectivity index (χ2v) is 7.07. The van der Waals surface area contributed by atoms with E-state index < -0.39 is 0 Å². The molecule has 0 bridgehead atoms. The molecule has 0 saturated heterocycles. The molecule has 0 aliphatic carbocycles. The van der Waals surface area contributed by atoms with Gasteiger partial charge >= 0.3 is 5.97 Å². The first kappa shape index (κ1) is 18.8. The zero-order valence-corrected chi connectivity index (χ0v) is 15.9. The van der Waals surface area contributed by atoms with Gasteiger partial charge in [-0.05, 0) is 29.8 Å². The Hall–Kier alpha value is -2.02. The number of thioether (sulfide) groups is 1. The number of ether oxygens (including phenoxy) is 1. The number of hydrogen-bond donors (Lipinski definition) is 0. The molecule has 0 radical (unpaired) electrons. The number of carbonyl (C=O) groups excluding carboxylic acids is 1. The Kier molecular flexibility index (Phi) is 6.55. The van der Waals surface area contributed by atoms with Crippen LogP contribution in [0, 0.1) is 0 Å². The van der Waals surface area contributed by atoms with Gasteiger partial charge in [0.05, 0.1) is 15.8 Å². The molecule has 0 saturated carbocycles. The van der Waals surface area contributed by atoms with E-state index in [1.54, 1.807) is 12.1 Å². The van der Waals surface area contributed by atoms with Gasteiger partial charge in [-0.2, -0.15) is 0 Å². The largest absolute Gasteiger partial charge is 0.455 e. The van der Waals surface area contributed by atoms with Crippen molar-refractivity contribution in [3.8, 4) is 11.5 Å². The summed E-state index contributed by atoms with van der Waals surface area (Å²) in [6.07, 6.45) is 0. The van der Waals surface area contributed by atoms with Gasteiger partial charge in [0.1, 0.15) is 0 Å². The highest BCUT2D eigenvalue weighted by Gasteiger charge is 2.11. The fourth-order valence-electron chi connectivity index (χ4n) is 2.07. The first-order valence-corrected chi connectivity index (χ1v) is 9.58. The molecule has 0 N–H and O–H groups in total. The topological polar surface area (TPSA) is 65.2 Å². The van der Waals surface area contributed by atoms with Gasteiger partial charge in [-0.3, -0.25) is 4.79 Å². The van der Waals surface area contributed by atoms with Crippen molar-refractivity contribution < 1.29 is 13.9 Å². The fourth-order valence-corrected chi connectivity index (χ4v) is 3.16. The van der Waals surface area contributed by atoms with E-state index in [2.05, 4.69) is 10.2 Å². The van der Waals surface area contributed by atoms with E-state index in [-0.39, 0.29) is 24.2 Å². The number of hydrogen-bond acceptors (Lipinski definition) is 6. The van der Waals surface area contributed by atoms with Gasteiger partial charge in [-0.1, -0.05) is 47.5 Å². The minimum Gasteiger partial charge on any atom is -0.455 e. The number of esters is 1. The standard InChI is InChI=1S/C18H14Cl2N2O3S/c19-14-7-6-12(8-15(14)20)10-26-11-17(23)24-9-16-21-22-18(25-16)13-4-2-1-3-5-13/h1-8H,9-11H2. The second-order valence-electron chi connectivity index (χ2n) is 5.27. The van der Waals surface area contributed by atoms with Gasteiger partial charge in [0.2, 0.25) is 5.89 Å². The highest BCUT2D eigenvalue weighted by molar-refractivity contribution is 7.99. The van der Waals surface area contributed by atoms with Crippen molar-refractivity contribution in [3.05, 3.63) is 70.0 Å². The molecule has 0 aliphatic heterocycles. The Morgan fingerprint density at radius 2 is 1.88 bits per heavy atom. The van der Waals surface area contributed by atoms with Crippen LogP contribution in [0.4, 0.5) is 0 Å². The van der Waals surface area contributed by atoms with Crippen LogP contribution in [-0.2, 0) is 21.9 Å². The average molecular weight is 409 g/mol. The number of aromatic nitrogens is 2. The molecular formula is C18H14Cl2N2O3S. The van der Waals surface area contributed by atoms with E-state index in [1.165, 1.54) is 11.8 Å². The summed E-state index contributed by atoms with van der Waals surface area (Å²) in [5, 5.41) is 8.83. The third-order valence-electron chi connectivity index (χ3n) is 3.32. The van der Waals surface area contributed by atoms with Gasteiger partial charge in [0.15, 0.2) is 6.61 Å². The van der Waals surface area contributed by atoms with Crippen molar-refractivity contribution in [1.29, 1.82) is 0 Å². The first-order chi connectivity index (χ1) is 12.6. The van der Waals surface area contributed by atoms with Gasteiger partial charge in [-0.15, -0.1) is 22.0 Å². The van der Waals surface area contributed by atoms with Crippen molar-refractivity contribution in [3.63, 3.8) is 0 Å². The monoisotopic (exact) mass is 408 g/mol. The zero-order chi connectivity index (χ0) is 18.4. The molecule has 5 nitrogen and oxygen atoms in total. The number of halogens is 2. The van der Waals surface area contributed by atoms with Gasteiger partial charge in [0, 0.05) is 11.3 Å². The molecule has 0 amide bonds. The number of carbonyl (C=O) groups is 1. The van der Waals surface area contributed by atoms with E-state index in [0.717, 1.165) is 11.1 Å². The summed E-state index contributed by atoms with van der Waals surface area (Å²) in [6, 6.07) is 14.8. The summed E-state index contributed by atoms with van der Waals surface area (Å²) in [4.78, 5) is 11.8. The highest BCUT2D eigenvalue weighted by Crippen LogP contribution is 2.24. The van der Waals surface area contributed by atoms with Crippen LogP contribution < -0.4 is 0 Å². The number of benzene rings is 2. The van der Waals surface area contributed by atoms with Crippen molar-refractivity contribution in [2.24, 2.45) is 0 Å². The van der Waals surface area contributed by atoms with Crippen molar-refractivity contribution >= 4 is 40.9 Å². The predicted molar refractivity (Wildman–Crippen MR) is 102 cm³/mol. The molecule has 1 heterocycles. The SMILES string of the molecule is O=C(CSCc1ccc(Cl)c(Cl)c1)OCc1nnc(-c2ccccc2)o1. The van der Waals surface area contributed by atoms with Gasteiger partial charge in [-0.25, -0.2) is 0 Å². The average Bonchev–Trinajstić information content (AvgIpc) is 3.13. The van der Waals surface area contributed by atoms with Crippen LogP contribution in [0.15, 0.2) is 52.9 Å². The van der Waals surface area contributed by atoms with Crippen LogP contribution in [0.2, 0.25) is 10.0 Å². The first-order valence-electron chi connectivity index (χ1n) is 7.67. The van der Waals surface area contributed by atoms with E-state index in [0.29, 0.717) is 21.7 Å². The molecule has 134 valence electrons. The number of rotatable bonds is 7. The van der Waals surface area contributed by atoms with Crippen LogP contribution in [-0.4, -0.2) is 21.9 Å². The van der Waals surface area contributed by atoms with Gasteiger partial charge < -0.3 is 9.15 Å². The summed E-state index contributed by atoms with van der Waals surface area (Å²) >= 11 is 13.3. The van der Waals surface area contributed by atoms with Crippen LogP contribution in [0.25, 0.3) is 11.5 Å². The van der Waals surface area contributed by atoms with Crippen molar-refractivity contribution in [1.82, 2.24) is 10.2 Å². The van der Waals surface area contributed by atoms with E-state index in [4.69, 9.17) is 32.4 Å². The van der Waals surface area contributed by atoms with Crippen molar-refractivity contribution in [2.75, 3.05) is 5.75 Å². The molecule has 0 unspecified atom stereocenters. The normalized spacial score (nSPS) is 10.7. The Morgan fingerprint density at radius 3 is 2.65 bits per heavy atom. The quantitative estimate of drug-likeness (QED) is 0.511. The molecule has 2 aromatic carbocycles. The Bertz CT molecular complexity index is 887. The van der Waals surface area contributed by atoms with Gasteiger partial charge in [0.25, 0.3) is 5.89 Å². The minimum atomic E-state index is -0.352. The molecule has 1 aromatic heterocycles. The van der Waals surface area contributed by atoms with Crippen LogP contribution in [0.3, 0.4) is 0 Å². The zero-order valence-electron chi connectivity index (χ0n) is 13.5. The third kappa shape index (κ3) is 5.24. The molecule has 0 atom stereocenters. The maximum Gasteiger partial charge on any atom is 0.316 e. The van der Waals surface area contributed by atoms with Crippen molar-refractivity contribution in [2.45, 2.75) is 12.4 Å². The predicted octanol–water partition coefficient (Wildman–Crippen LogP) is 5.02. The minimum absolute atomic E-state index is 0.0496.